The van der Waals surface area contributed by atoms with Crippen LogP contribution >= 0.6 is 0 Å². The van der Waals surface area contributed by atoms with Gasteiger partial charge in [0.15, 0.2) is 5.76 Å². The zero-order valence-electron chi connectivity index (χ0n) is 22.8. The van der Waals surface area contributed by atoms with Crippen molar-refractivity contribution in [3.05, 3.63) is 46.3 Å². The third-order valence-corrected chi connectivity index (χ3v) is 11.7. The second kappa shape index (κ2) is 7.73. The van der Waals surface area contributed by atoms with Crippen molar-refractivity contribution in [1.82, 2.24) is 0 Å². The van der Waals surface area contributed by atoms with E-state index >= 15 is 0 Å². The number of ether oxygens (including phenoxy) is 1. The molecule has 0 unspecified atom stereocenters. The average Bonchev–Trinajstić information content (AvgIpc) is 2.82. The van der Waals surface area contributed by atoms with E-state index in [2.05, 4.69) is 52.7 Å². The number of hydrogen-bond acceptors (Lipinski definition) is 3. The van der Waals surface area contributed by atoms with E-state index in [0.717, 1.165) is 61.7 Å². The van der Waals surface area contributed by atoms with Gasteiger partial charge >= 0.3 is 0 Å². The first-order chi connectivity index (χ1) is 16.8. The average molecular weight is 488 g/mol. The summed E-state index contributed by atoms with van der Waals surface area (Å²) in [6.07, 6.45) is 18.9. The van der Waals surface area contributed by atoms with E-state index in [1.807, 2.05) is 6.92 Å². The first-order valence-electron chi connectivity index (χ1n) is 13.5. The van der Waals surface area contributed by atoms with Crippen LogP contribution in [0.1, 0.15) is 86.5 Å². The largest absolute Gasteiger partial charge is 0.477 e. The van der Waals surface area contributed by atoms with Gasteiger partial charge in [0.25, 0.3) is 0 Å². The number of carbonyl (C=O) groups is 2. The smallest absolute Gasteiger partial charge is 0.223 e. The van der Waals surface area contributed by atoms with E-state index in [9.17, 15) is 9.59 Å². The summed E-state index contributed by atoms with van der Waals surface area (Å²) in [6.45, 7) is 13.9. The van der Waals surface area contributed by atoms with Crippen molar-refractivity contribution in [3.63, 3.8) is 0 Å². The minimum Gasteiger partial charge on any atom is -0.477 e. The zero-order chi connectivity index (χ0) is 26.3. The molecule has 36 heavy (non-hydrogen) atoms. The molecule has 5 rings (SSSR count). The molecule has 0 radical (unpaired) electrons. The van der Waals surface area contributed by atoms with Crippen LogP contribution in [0.3, 0.4) is 0 Å². The predicted molar refractivity (Wildman–Crippen MR) is 142 cm³/mol. The standard InChI is InChI=1S/C32H41NO3/c1-8-17-36-26-20(2)21-9-10-24-30(5,22(21)18-23(26)34)14-16-32(7)25-19-29(4,27(33)35)12-11-28(25,3)13-15-31(24,32)6/h1,9-10,18,25H,11-17,19H2,2-7H3,(H2,33,35)/t25-,28-,29-,30+,31-,32+/m1/s1. The zero-order valence-corrected chi connectivity index (χ0v) is 22.8. The van der Waals surface area contributed by atoms with Gasteiger partial charge in [-0.15, -0.1) is 6.42 Å². The van der Waals surface area contributed by atoms with Gasteiger partial charge in [-0.25, -0.2) is 0 Å². The summed E-state index contributed by atoms with van der Waals surface area (Å²) < 4.78 is 5.66. The number of primary amides is 1. The Morgan fingerprint density at radius 2 is 1.78 bits per heavy atom. The number of allylic oxidation sites excluding steroid dienone is 7. The Balaban J connectivity index is 1.61. The van der Waals surface area contributed by atoms with Crippen molar-refractivity contribution in [2.45, 2.75) is 86.5 Å². The monoisotopic (exact) mass is 487 g/mol. The van der Waals surface area contributed by atoms with Crippen LogP contribution in [0.5, 0.6) is 0 Å². The molecular weight excluding hydrogens is 446 g/mol. The molecule has 192 valence electrons. The Morgan fingerprint density at radius 3 is 2.44 bits per heavy atom. The summed E-state index contributed by atoms with van der Waals surface area (Å²) in [5, 5.41) is 0. The maximum absolute atomic E-state index is 13.2. The topological polar surface area (TPSA) is 69.4 Å². The predicted octanol–water partition coefficient (Wildman–Crippen LogP) is 6.19. The molecule has 2 N–H and O–H groups in total. The lowest BCUT2D eigenvalue weighted by Gasteiger charge is -2.70. The van der Waals surface area contributed by atoms with E-state index < -0.39 is 5.41 Å². The highest BCUT2D eigenvalue weighted by molar-refractivity contribution is 6.07. The van der Waals surface area contributed by atoms with Gasteiger partial charge in [-0.3, -0.25) is 9.59 Å². The van der Waals surface area contributed by atoms with Gasteiger partial charge in [-0.1, -0.05) is 58.3 Å². The summed E-state index contributed by atoms with van der Waals surface area (Å²) >= 11 is 0. The van der Waals surface area contributed by atoms with Crippen LogP contribution in [0.2, 0.25) is 0 Å². The van der Waals surface area contributed by atoms with Crippen LogP contribution in [0, 0.1) is 45.3 Å². The van der Waals surface area contributed by atoms with E-state index in [1.165, 1.54) is 5.57 Å². The highest BCUT2D eigenvalue weighted by Crippen LogP contribution is 2.75. The number of carbonyl (C=O) groups excluding carboxylic acids is 2. The van der Waals surface area contributed by atoms with Crippen LogP contribution in [-0.4, -0.2) is 18.3 Å². The van der Waals surface area contributed by atoms with Gasteiger partial charge in [-0.05, 0) is 91.3 Å². The summed E-state index contributed by atoms with van der Waals surface area (Å²) in [7, 11) is 0. The van der Waals surface area contributed by atoms with Crippen molar-refractivity contribution in [3.8, 4) is 12.3 Å². The fraction of sp³-hybridized carbons (Fsp3) is 0.625. The molecular formula is C32H41NO3. The van der Waals surface area contributed by atoms with Crippen molar-refractivity contribution in [2.75, 3.05) is 6.61 Å². The lowest BCUT2D eigenvalue weighted by molar-refractivity contribution is -0.167. The van der Waals surface area contributed by atoms with Gasteiger partial charge in [-0.2, -0.15) is 0 Å². The minimum atomic E-state index is -0.435. The third kappa shape index (κ3) is 3.07. The Hall–Kier alpha value is -2.54. The maximum atomic E-state index is 13.2. The molecule has 5 aliphatic rings. The number of hydrogen-bond donors (Lipinski definition) is 1. The summed E-state index contributed by atoms with van der Waals surface area (Å²) in [5.41, 5.74) is 10.1. The number of terminal acetylenes is 1. The Kier molecular flexibility index (Phi) is 5.40. The van der Waals surface area contributed by atoms with Crippen molar-refractivity contribution < 1.29 is 14.3 Å². The van der Waals surface area contributed by atoms with E-state index in [0.29, 0.717) is 11.7 Å². The summed E-state index contributed by atoms with van der Waals surface area (Å²) in [5.74, 6) is 3.03. The van der Waals surface area contributed by atoms with Crippen LogP contribution < -0.4 is 5.73 Å². The number of ketones is 1. The number of nitrogens with two attached hydrogens (primary N) is 1. The molecule has 3 fully saturated rings. The van der Waals surface area contributed by atoms with Gasteiger partial charge in [0, 0.05) is 16.4 Å². The fourth-order valence-corrected chi connectivity index (χ4v) is 8.97. The van der Waals surface area contributed by atoms with E-state index in [4.69, 9.17) is 16.9 Å². The van der Waals surface area contributed by atoms with Crippen molar-refractivity contribution in [2.24, 2.45) is 38.7 Å². The van der Waals surface area contributed by atoms with Crippen molar-refractivity contribution >= 4 is 11.7 Å². The second-order valence-corrected chi connectivity index (χ2v) is 13.4. The van der Waals surface area contributed by atoms with Crippen LogP contribution in [0.15, 0.2) is 46.3 Å². The van der Waals surface area contributed by atoms with Gasteiger partial charge < -0.3 is 10.5 Å². The molecule has 0 aromatic heterocycles. The first kappa shape index (κ1) is 25.1. The molecule has 3 saturated carbocycles. The molecule has 0 aromatic carbocycles. The van der Waals surface area contributed by atoms with Gasteiger partial charge in [0.05, 0.1) is 0 Å². The number of rotatable bonds is 3. The Bertz CT molecular complexity index is 1230. The highest BCUT2D eigenvalue weighted by Gasteiger charge is 2.67. The van der Waals surface area contributed by atoms with E-state index in [-0.39, 0.29) is 40.0 Å². The fourth-order valence-electron chi connectivity index (χ4n) is 8.97. The van der Waals surface area contributed by atoms with E-state index in [1.54, 1.807) is 6.08 Å². The molecule has 0 aromatic rings. The lowest BCUT2D eigenvalue weighted by Crippen LogP contribution is -2.62. The molecule has 5 aliphatic carbocycles. The van der Waals surface area contributed by atoms with Crippen molar-refractivity contribution in [1.29, 1.82) is 0 Å². The van der Waals surface area contributed by atoms with Gasteiger partial charge in [0.1, 0.15) is 6.61 Å². The third-order valence-electron chi connectivity index (χ3n) is 11.7. The minimum absolute atomic E-state index is 0.0240. The molecule has 0 heterocycles. The molecule has 4 heteroatoms. The molecule has 1 amide bonds. The molecule has 0 saturated heterocycles. The highest BCUT2D eigenvalue weighted by atomic mass is 16.5. The Morgan fingerprint density at radius 1 is 1.08 bits per heavy atom. The molecule has 0 aliphatic heterocycles. The molecule has 0 spiro atoms. The summed E-state index contributed by atoms with van der Waals surface area (Å²) in [4.78, 5) is 25.7. The SMILES string of the molecule is C#CCOC1=C(C)C2=CC=C3[C@@](C)(CC[C@@]4(C)[C@@H]5C[C@](C)(C(N)=O)CC[C@]5(C)CC[C@]34C)C2=CC1=O. The lowest BCUT2D eigenvalue weighted by atomic mass is 9.34. The molecule has 6 atom stereocenters. The molecule has 0 bridgehead atoms. The first-order valence-corrected chi connectivity index (χ1v) is 13.5. The maximum Gasteiger partial charge on any atom is 0.223 e. The van der Waals surface area contributed by atoms with Crippen LogP contribution in [0.4, 0.5) is 0 Å². The Labute approximate surface area is 216 Å². The van der Waals surface area contributed by atoms with Crippen LogP contribution in [-0.2, 0) is 14.3 Å². The van der Waals surface area contributed by atoms with Gasteiger partial charge in [0.2, 0.25) is 11.7 Å². The normalized spacial score (nSPS) is 43.5. The van der Waals surface area contributed by atoms with Crippen LogP contribution in [0.25, 0.3) is 0 Å². The quantitative estimate of drug-likeness (QED) is 0.483. The number of amides is 1. The second-order valence-electron chi connectivity index (χ2n) is 13.4. The molecule has 4 nitrogen and oxygen atoms in total. The summed E-state index contributed by atoms with van der Waals surface area (Å²) in [6, 6.07) is 0. The number of fused-ring (bicyclic) bond motifs is 7.